The van der Waals surface area contributed by atoms with Gasteiger partial charge in [0.2, 0.25) is 0 Å². The minimum absolute atomic E-state index is 0.622. The van der Waals surface area contributed by atoms with Crippen LogP contribution in [0.3, 0.4) is 0 Å². The fraction of sp³-hybridized carbons (Fsp3) is 0. The molecular formula is C55H37N5. The quantitative estimate of drug-likeness (QED) is 0.146. The second-order valence-electron chi connectivity index (χ2n) is 14.5. The molecule has 8 aromatic carbocycles. The normalized spacial score (nSPS) is 11.0. The second-order valence-corrected chi connectivity index (χ2v) is 14.5. The van der Waals surface area contributed by atoms with Crippen LogP contribution in [0.5, 0.6) is 0 Å². The van der Waals surface area contributed by atoms with Crippen LogP contribution in [-0.4, -0.2) is 24.9 Å². The van der Waals surface area contributed by atoms with Gasteiger partial charge in [0.25, 0.3) is 0 Å². The smallest absolute Gasteiger partial charge is 0.164 e. The second kappa shape index (κ2) is 16.4. The molecule has 0 atom stereocenters. The Labute approximate surface area is 349 Å². The van der Waals surface area contributed by atoms with Crippen molar-refractivity contribution in [1.82, 2.24) is 24.9 Å². The Balaban J connectivity index is 0.981. The van der Waals surface area contributed by atoms with E-state index in [0.717, 1.165) is 67.0 Å². The third kappa shape index (κ3) is 7.76. The van der Waals surface area contributed by atoms with Crippen LogP contribution in [0.1, 0.15) is 0 Å². The molecule has 0 radical (unpaired) electrons. The summed E-state index contributed by atoms with van der Waals surface area (Å²) >= 11 is 0. The standard InChI is InChI=1S/C55H37N5/c1-5-15-38(16-6-1)39-27-29-40(30-28-39)46-23-13-25-48(35-46)54-56-50(42-17-7-2-8-18-42)37-51(57-54)43-33-31-41(32-34-43)47-24-14-26-49(36-47)55-59-52(44-19-9-3-10-20-44)58-53(60-55)45-21-11-4-12-22-45/h1-37H. The van der Waals surface area contributed by atoms with Gasteiger partial charge in [-0.3, -0.25) is 0 Å². The van der Waals surface area contributed by atoms with Gasteiger partial charge < -0.3 is 0 Å². The van der Waals surface area contributed by atoms with Crippen molar-refractivity contribution in [3.05, 3.63) is 224 Å². The zero-order valence-electron chi connectivity index (χ0n) is 32.6. The zero-order valence-corrected chi connectivity index (χ0v) is 32.6. The number of aromatic nitrogens is 5. The van der Waals surface area contributed by atoms with Crippen molar-refractivity contribution >= 4 is 0 Å². The molecule has 0 aliphatic heterocycles. The highest BCUT2D eigenvalue weighted by Crippen LogP contribution is 2.33. The summed E-state index contributed by atoms with van der Waals surface area (Å²) in [4.78, 5) is 25.1. The molecule has 2 heterocycles. The Kier molecular flexibility index (Phi) is 9.88. The lowest BCUT2D eigenvalue weighted by molar-refractivity contribution is 1.07. The van der Waals surface area contributed by atoms with E-state index in [0.29, 0.717) is 23.3 Å². The molecule has 282 valence electrons. The van der Waals surface area contributed by atoms with Gasteiger partial charge in [0.1, 0.15) is 0 Å². The highest BCUT2D eigenvalue weighted by Gasteiger charge is 2.15. The van der Waals surface area contributed by atoms with E-state index < -0.39 is 0 Å². The van der Waals surface area contributed by atoms with Crippen LogP contribution in [-0.2, 0) is 0 Å². The van der Waals surface area contributed by atoms with Crippen molar-refractivity contribution in [2.24, 2.45) is 0 Å². The van der Waals surface area contributed by atoms with Crippen molar-refractivity contribution in [3.8, 4) is 101 Å². The molecule has 0 fully saturated rings. The van der Waals surface area contributed by atoms with Gasteiger partial charge in [0, 0.05) is 33.4 Å². The summed E-state index contributed by atoms with van der Waals surface area (Å²) in [6, 6.07) is 77.1. The van der Waals surface area contributed by atoms with Gasteiger partial charge in [-0.25, -0.2) is 24.9 Å². The summed E-state index contributed by atoms with van der Waals surface area (Å²) in [6.07, 6.45) is 0. The highest BCUT2D eigenvalue weighted by atomic mass is 15.0. The average Bonchev–Trinajstić information content (AvgIpc) is 3.35. The highest BCUT2D eigenvalue weighted by molar-refractivity contribution is 5.78. The van der Waals surface area contributed by atoms with Crippen LogP contribution in [0.15, 0.2) is 224 Å². The lowest BCUT2D eigenvalue weighted by Crippen LogP contribution is -2.00. The van der Waals surface area contributed by atoms with Gasteiger partial charge in [-0.05, 0) is 51.6 Å². The largest absolute Gasteiger partial charge is 0.228 e. The third-order valence-electron chi connectivity index (χ3n) is 10.6. The Morgan fingerprint density at radius 2 is 0.433 bits per heavy atom. The maximum atomic E-state index is 5.18. The van der Waals surface area contributed by atoms with Crippen LogP contribution < -0.4 is 0 Å². The molecule has 0 spiro atoms. The van der Waals surface area contributed by atoms with E-state index in [1.54, 1.807) is 0 Å². The molecule has 2 aromatic heterocycles. The molecule has 0 bridgehead atoms. The van der Waals surface area contributed by atoms with Crippen LogP contribution >= 0.6 is 0 Å². The fourth-order valence-corrected chi connectivity index (χ4v) is 7.41. The molecule has 5 heteroatoms. The monoisotopic (exact) mass is 767 g/mol. The van der Waals surface area contributed by atoms with Gasteiger partial charge in [-0.2, -0.15) is 0 Å². The molecule has 0 saturated carbocycles. The number of hydrogen-bond acceptors (Lipinski definition) is 5. The number of hydrogen-bond donors (Lipinski definition) is 0. The summed E-state index contributed by atoms with van der Waals surface area (Å²) in [7, 11) is 0. The van der Waals surface area contributed by atoms with Gasteiger partial charge >= 0.3 is 0 Å². The van der Waals surface area contributed by atoms with Crippen molar-refractivity contribution in [2.75, 3.05) is 0 Å². The Bertz CT molecular complexity index is 2990. The van der Waals surface area contributed by atoms with Crippen LogP contribution in [0.25, 0.3) is 101 Å². The first-order chi connectivity index (χ1) is 29.7. The topological polar surface area (TPSA) is 64.5 Å². The average molecular weight is 768 g/mol. The number of rotatable bonds is 9. The van der Waals surface area contributed by atoms with E-state index in [4.69, 9.17) is 24.9 Å². The molecule has 60 heavy (non-hydrogen) atoms. The Morgan fingerprint density at radius 1 is 0.167 bits per heavy atom. The summed E-state index contributed by atoms with van der Waals surface area (Å²) in [5.41, 5.74) is 14.3. The molecule has 10 aromatic rings. The molecule has 5 nitrogen and oxygen atoms in total. The van der Waals surface area contributed by atoms with Crippen molar-refractivity contribution in [2.45, 2.75) is 0 Å². The van der Waals surface area contributed by atoms with Gasteiger partial charge in [0.05, 0.1) is 11.4 Å². The summed E-state index contributed by atoms with van der Waals surface area (Å²) < 4.78 is 0. The Morgan fingerprint density at radius 3 is 0.867 bits per heavy atom. The summed E-state index contributed by atoms with van der Waals surface area (Å²) in [5.74, 6) is 2.57. The third-order valence-corrected chi connectivity index (χ3v) is 10.6. The number of nitrogens with zero attached hydrogens (tertiary/aromatic N) is 5. The first kappa shape index (κ1) is 36.2. The minimum atomic E-state index is 0.622. The lowest BCUT2D eigenvalue weighted by atomic mass is 9.98. The van der Waals surface area contributed by atoms with Crippen LogP contribution in [0.4, 0.5) is 0 Å². The predicted molar refractivity (Wildman–Crippen MR) is 244 cm³/mol. The van der Waals surface area contributed by atoms with E-state index in [1.807, 2.05) is 84.9 Å². The van der Waals surface area contributed by atoms with Crippen LogP contribution in [0, 0.1) is 0 Å². The fourth-order valence-electron chi connectivity index (χ4n) is 7.41. The Hall–Kier alpha value is -8.15. The molecular weight excluding hydrogens is 731 g/mol. The van der Waals surface area contributed by atoms with Crippen LogP contribution in [0.2, 0.25) is 0 Å². The van der Waals surface area contributed by atoms with E-state index in [9.17, 15) is 0 Å². The van der Waals surface area contributed by atoms with E-state index in [-0.39, 0.29) is 0 Å². The molecule has 0 aliphatic rings. The molecule has 0 N–H and O–H groups in total. The number of benzene rings is 8. The summed E-state index contributed by atoms with van der Waals surface area (Å²) in [6.45, 7) is 0. The van der Waals surface area contributed by atoms with Crippen molar-refractivity contribution < 1.29 is 0 Å². The maximum absolute atomic E-state index is 5.18. The molecule has 0 aliphatic carbocycles. The molecule has 0 amide bonds. The van der Waals surface area contributed by atoms with E-state index in [1.165, 1.54) is 11.1 Å². The molecule has 0 unspecified atom stereocenters. The van der Waals surface area contributed by atoms with E-state index >= 15 is 0 Å². The minimum Gasteiger partial charge on any atom is -0.228 e. The molecule has 10 rings (SSSR count). The van der Waals surface area contributed by atoms with Gasteiger partial charge in [-0.1, -0.05) is 206 Å². The molecule has 0 saturated heterocycles. The lowest BCUT2D eigenvalue weighted by Gasteiger charge is -2.12. The van der Waals surface area contributed by atoms with Crippen molar-refractivity contribution in [1.29, 1.82) is 0 Å². The first-order valence-corrected chi connectivity index (χ1v) is 20.0. The van der Waals surface area contributed by atoms with E-state index in [2.05, 4.69) is 140 Å². The van der Waals surface area contributed by atoms with Crippen molar-refractivity contribution in [3.63, 3.8) is 0 Å². The van der Waals surface area contributed by atoms with Gasteiger partial charge in [0.15, 0.2) is 23.3 Å². The van der Waals surface area contributed by atoms with Gasteiger partial charge in [-0.15, -0.1) is 0 Å². The maximum Gasteiger partial charge on any atom is 0.164 e. The predicted octanol–water partition coefficient (Wildman–Crippen LogP) is 13.7. The summed E-state index contributed by atoms with van der Waals surface area (Å²) in [5, 5.41) is 0. The SMILES string of the molecule is c1ccc(-c2ccc(-c3cccc(-c4nc(-c5ccccc5)cc(-c5ccc(-c6cccc(-c7nc(-c8ccccc8)nc(-c8ccccc8)n7)c6)cc5)n4)c3)cc2)cc1. The zero-order chi connectivity index (χ0) is 40.1. The first-order valence-electron chi connectivity index (χ1n) is 20.0.